The molecule has 0 aliphatic rings. The predicted octanol–water partition coefficient (Wildman–Crippen LogP) is 2.68. The summed E-state index contributed by atoms with van der Waals surface area (Å²) in [6, 6.07) is 0.397. The molecule has 1 rings (SSSR count). The summed E-state index contributed by atoms with van der Waals surface area (Å²) >= 11 is 1.75. The fourth-order valence-electron chi connectivity index (χ4n) is 1.25. The Hall–Kier alpha value is -0.670. The summed E-state index contributed by atoms with van der Waals surface area (Å²) in [6.45, 7) is 8.89. The number of nitrogens with zero attached hydrogens (tertiary/aromatic N) is 1. The van der Waals surface area contributed by atoms with E-state index in [1.54, 1.807) is 11.3 Å². The van der Waals surface area contributed by atoms with E-state index < -0.39 is 0 Å². The Morgan fingerprint density at radius 2 is 2.54 bits per heavy atom. The maximum Gasteiger partial charge on any atom is 0.0897 e. The molecule has 2 nitrogen and oxygen atoms in total. The van der Waals surface area contributed by atoms with Crippen LogP contribution >= 0.6 is 11.3 Å². The molecule has 1 atom stereocenters. The van der Waals surface area contributed by atoms with Crippen molar-refractivity contribution in [3.05, 3.63) is 28.7 Å². The molecule has 1 aromatic rings. The van der Waals surface area contributed by atoms with Gasteiger partial charge in [-0.25, -0.2) is 4.98 Å². The minimum absolute atomic E-state index is 0.397. The highest BCUT2D eigenvalue weighted by Crippen LogP contribution is 2.22. The number of rotatable bonds is 5. The third-order valence-electron chi connectivity index (χ3n) is 1.84. The van der Waals surface area contributed by atoms with Gasteiger partial charge in [-0.15, -0.1) is 17.9 Å². The van der Waals surface area contributed by atoms with Crippen LogP contribution in [0.5, 0.6) is 0 Å². The van der Waals surface area contributed by atoms with Crippen LogP contribution in [0.3, 0.4) is 0 Å². The van der Waals surface area contributed by atoms with Crippen LogP contribution in [-0.4, -0.2) is 11.5 Å². The molecule has 1 unspecified atom stereocenters. The summed E-state index contributed by atoms with van der Waals surface area (Å²) < 4.78 is 0. The third kappa shape index (κ3) is 2.94. The van der Waals surface area contributed by atoms with Crippen LogP contribution in [0.15, 0.2) is 18.9 Å². The number of nitrogens with one attached hydrogen (secondary N) is 1. The summed E-state index contributed by atoms with van der Waals surface area (Å²) in [4.78, 5) is 5.55. The molecule has 0 saturated carbocycles. The molecule has 0 fully saturated rings. The van der Waals surface area contributed by atoms with Crippen molar-refractivity contribution < 1.29 is 0 Å². The summed E-state index contributed by atoms with van der Waals surface area (Å²) in [7, 11) is 0. The number of aryl methyl sites for hydroxylation is 1. The highest BCUT2D eigenvalue weighted by atomic mass is 32.1. The Labute approximate surface area is 83.7 Å². The van der Waals surface area contributed by atoms with Crippen molar-refractivity contribution >= 4 is 11.3 Å². The van der Waals surface area contributed by atoms with Crippen molar-refractivity contribution in [2.45, 2.75) is 26.3 Å². The van der Waals surface area contributed by atoms with Crippen molar-refractivity contribution in [3.63, 3.8) is 0 Å². The first-order valence-corrected chi connectivity index (χ1v) is 5.36. The summed E-state index contributed by atoms with van der Waals surface area (Å²) in [5, 5.41) is 4.54. The van der Waals surface area contributed by atoms with Gasteiger partial charge >= 0.3 is 0 Å². The number of hydrogen-bond acceptors (Lipinski definition) is 3. The van der Waals surface area contributed by atoms with Crippen LogP contribution in [0.4, 0.5) is 0 Å². The lowest BCUT2D eigenvalue weighted by molar-refractivity contribution is 0.567. The summed E-state index contributed by atoms with van der Waals surface area (Å²) in [5.74, 6) is 0. The van der Waals surface area contributed by atoms with E-state index in [-0.39, 0.29) is 0 Å². The first kappa shape index (κ1) is 10.4. The van der Waals surface area contributed by atoms with Crippen molar-refractivity contribution in [3.8, 4) is 0 Å². The molecule has 72 valence electrons. The van der Waals surface area contributed by atoms with Crippen molar-refractivity contribution in [1.82, 2.24) is 10.3 Å². The molecule has 0 spiro atoms. The Morgan fingerprint density at radius 3 is 3.00 bits per heavy atom. The molecule has 0 aliphatic carbocycles. The van der Waals surface area contributed by atoms with Crippen molar-refractivity contribution in [2.24, 2.45) is 0 Å². The molecule has 1 N–H and O–H groups in total. The van der Waals surface area contributed by atoms with E-state index in [4.69, 9.17) is 0 Å². The lowest BCUT2D eigenvalue weighted by Crippen LogP contribution is -2.19. The van der Waals surface area contributed by atoms with Crippen LogP contribution in [-0.2, 0) is 0 Å². The maximum atomic E-state index is 4.25. The molecule has 0 amide bonds. The molecule has 0 saturated heterocycles. The quantitative estimate of drug-likeness (QED) is 0.732. The van der Waals surface area contributed by atoms with Gasteiger partial charge in [-0.05, 0) is 19.9 Å². The Kier molecular flexibility index (Phi) is 4.12. The van der Waals surface area contributed by atoms with Crippen LogP contribution in [0, 0.1) is 6.92 Å². The second-order valence-corrected chi connectivity index (χ2v) is 4.18. The van der Waals surface area contributed by atoms with Gasteiger partial charge in [0.15, 0.2) is 0 Å². The van der Waals surface area contributed by atoms with Gasteiger partial charge < -0.3 is 5.32 Å². The SMILES string of the molecule is C=CCC(NCC)c1cnc(C)s1. The van der Waals surface area contributed by atoms with Gasteiger partial charge in [0.1, 0.15) is 0 Å². The van der Waals surface area contributed by atoms with E-state index in [2.05, 4.69) is 23.8 Å². The second-order valence-electron chi connectivity index (χ2n) is 2.92. The average Bonchev–Trinajstić information content (AvgIpc) is 2.51. The molecular formula is C10H16N2S. The molecule has 1 heterocycles. The van der Waals surface area contributed by atoms with E-state index >= 15 is 0 Å². The molecule has 0 aliphatic heterocycles. The van der Waals surface area contributed by atoms with Crippen molar-refractivity contribution in [2.75, 3.05) is 6.54 Å². The molecule has 0 radical (unpaired) electrons. The molecule has 0 bridgehead atoms. The zero-order chi connectivity index (χ0) is 9.68. The number of aromatic nitrogens is 1. The molecular weight excluding hydrogens is 180 g/mol. The minimum atomic E-state index is 0.397. The van der Waals surface area contributed by atoms with E-state index in [9.17, 15) is 0 Å². The lowest BCUT2D eigenvalue weighted by atomic mass is 10.2. The Bertz CT molecular complexity index is 268. The van der Waals surface area contributed by atoms with Crippen LogP contribution in [0.1, 0.15) is 29.3 Å². The standard InChI is InChI=1S/C10H16N2S/c1-4-6-9(11-5-2)10-7-12-8(3)13-10/h4,7,9,11H,1,5-6H2,2-3H3. The van der Waals surface area contributed by atoms with E-state index in [1.807, 2.05) is 19.2 Å². The normalized spacial score (nSPS) is 12.8. The Balaban J connectivity index is 2.68. The number of thiazole rings is 1. The number of hydrogen-bond donors (Lipinski definition) is 1. The summed E-state index contributed by atoms with van der Waals surface area (Å²) in [5.41, 5.74) is 0. The predicted molar refractivity (Wildman–Crippen MR) is 58.1 cm³/mol. The van der Waals surface area contributed by atoms with Crippen LogP contribution in [0.2, 0.25) is 0 Å². The van der Waals surface area contributed by atoms with Gasteiger partial charge in [0.05, 0.1) is 5.01 Å². The van der Waals surface area contributed by atoms with E-state index in [1.165, 1.54) is 4.88 Å². The zero-order valence-electron chi connectivity index (χ0n) is 8.21. The molecule has 0 aromatic carbocycles. The van der Waals surface area contributed by atoms with Gasteiger partial charge in [0.2, 0.25) is 0 Å². The van der Waals surface area contributed by atoms with Gasteiger partial charge in [0.25, 0.3) is 0 Å². The van der Waals surface area contributed by atoms with Crippen LogP contribution < -0.4 is 5.32 Å². The van der Waals surface area contributed by atoms with Gasteiger partial charge in [-0.1, -0.05) is 13.0 Å². The fourth-order valence-corrected chi connectivity index (χ4v) is 2.13. The van der Waals surface area contributed by atoms with Crippen molar-refractivity contribution in [1.29, 1.82) is 0 Å². The molecule has 13 heavy (non-hydrogen) atoms. The summed E-state index contributed by atoms with van der Waals surface area (Å²) in [6.07, 6.45) is 4.87. The van der Waals surface area contributed by atoms with Gasteiger partial charge in [-0.3, -0.25) is 0 Å². The average molecular weight is 196 g/mol. The highest BCUT2D eigenvalue weighted by Gasteiger charge is 2.10. The smallest absolute Gasteiger partial charge is 0.0897 e. The van der Waals surface area contributed by atoms with E-state index in [0.29, 0.717) is 6.04 Å². The topological polar surface area (TPSA) is 24.9 Å². The monoisotopic (exact) mass is 196 g/mol. The zero-order valence-corrected chi connectivity index (χ0v) is 9.03. The third-order valence-corrected chi connectivity index (χ3v) is 2.86. The van der Waals surface area contributed by atoms with Gasteiger partial charge in [0, 0.05) is 17.1 Å². The Morgan fingerprint density at radius 1 is 1.77 bits per heavy atom. The largest absolute Gasteiger partial charge is 0.309 e. The minimum Gasteiger partial charge on any atom is -0.309 e. The van der Waals surface area contributed by atoms with Crippen LogP contribution in [0.25, 0.3) is 0 Å². The van der Waals surface area contributed by atoms with E-state index in [0.717, 1.165) is 18.0 Å². The first-order valence-electron chi connectivity index (χ1n) is 4.54. The van der Waals surface area contributed by atoms with Gasteiger partial charge in [-0.2, -0.15) is 0 Å². The lowest BCUT2D eigenvalue weighted by Gasteiger charge is -2.12. The fraction of sp³-hybridized carbons (Fsp3) is 0.500. The second kappa shape index (κ2) is 5.14. The molecule has 3 heteroatoms. The molecule has 1 aromatic heterocycles. The first-order chi connectivity index (χ1) is 6.27. The highest BCUT2D eigenvalue weighted by molar-refractivity contribution is 7.11. The maximum absolute atomic E-state index is 4.25.